The maximum atomic E-state index is 11.3. The van der Waals surface area contributed by atoms with Gasteiger partial charge in [0.1, 0.15) is 0 Å². The van der Waals surface area contributed by atoms with Crippen LogP contribution in [0.25, 0.3) is 0 Å². The number of hydrogen-bond acceptors (Lipinski definition) is 1. The Balaban J connectivity index is 1.28. The molecule has 31 heavy (non-hydrogen) atoms. The van der Waals surface area contributed by atoms with Crippen LogP contribution in [0.4, 0.5) is 0 Å². The molecule has 4 aliphatic carbocycles. The third kappa shape index (κ3) is 3.71. The molecule has 0 heterocycles. The third-order valence-electron chi connectivity index (χ3n) is 11.3. The fraction of sp³-hybridized carbons (Fsp3) is 0.800. The van der Waals surface area contributed by atoms with Crippen molar-refractivity contribution in [2.75, 3.05) is 0 Å². The Kier molecular flexibility index (Phi) is 5.81. The quantitative estimate of drug-likeness (QED) is 0.530. The molecule has 0 radical (unpaired) electrons. The average Bonchev–Trinajstić information content (AvgIpc) is 3.11. The second kappa shape index (κ2) is 8.19. The Labute approximate surface area is 191 Å². The molecule has 0 unspecified atom stereocenters. The summed E-state index contributed by atoms with van der Waals surface area (Å²) in [5.41, 5.74) is 3.69. The number of aliphatic hydroxyl groups excluding tert-OH is 1. The van der Waals surface area contributed by atoms with Crippen LogP contribution in [0.3, 0.4) is 0 Å². The normalized spacial score (nSPS) is 45.5. The lowest BCUT2D eigenvalue weighted by Gasteiger charge is -2.61. The number of aryl methyl sites for hydroxylation is 2. The van der Waals surface area contributed by atoms with Gasteiger partial charge in [0.15, 0.2) is 0 Å². The first-order valence-electron chi connectivity index (χ1n) is 13.5. The minimum Gasteiger partial charge on any atom is -0.393 e. The molecule has 4 saturated carbocycles. The molecular formula is C30H46O. The van der Waals surface area contributed by atoms with E-state index in [0.717, 1.165) is 42.4 Å². The minimum absolute atomic E-state index is 0.129. The van der Waals surface area contributed by atoms with Gasteiger partial charge in [-0.25, -0.2) is 0 Å². The van der Waals surface area contributed by atoms with Crippen molar-refractivity contribution in [1.29, 1.82) is 0 Å². The zero-order chi connectivity index (χ0) is 21.8. The number of aliphatic hydroxyl groups is 1. The third-order valence-corrected chi connectivity index (χ3v) is 11.3. The van der Waals surface area contributed by atoms with Crippen molar-refractivity contribution in [3.05, 3.63) is 35.4 Å². The summed E-state index contributed by atoms with van der Waals surface area (Å²) in [5.74, 6) is 5.20. The topological polar surface area (TPSA) is 20.2 Å². The van der Waals surface area contributed by atoms with Crippen molar-refractivity contribution in [3.63, 3.8) is 0 Å². The molecule has 5 rings (SSSR count). The van der Waals surface area contributed by atoms with Gasteiger partial charge in [-0.05, 0) is 123 Å². The van der Waals surface area contributed by atoms with E-state index in [1.165, 1.54) is 68.9 Å². The van der Waals surface area contributed by atoms with Gasteiger partial charge in [0.2, 0.25) is 0 Å². The molecule has 4 aliphatic rings. The highest BCUT2D eigenvalue weighted by molar-refractivity contribution is 5.21. The van der Waals surface area contributed by atoms with Gasteiger partial charge in [-0.2, -0.15) is 0 Å². The Morgan fingerprint density at radius 1 is 0.903 bits per heavy atom. The lowest BCUT2D eigenvalue weighted by atomic mass is 9.44. The van der Waals surface area contributed by atoms with Crippen LogP contribution in [0.1, 0.15) is 96.1 Å². The van der Waals surface area contributed by atoms with Gasteiger partial charge in [0, 0.05) is 0 Å². The van der Waals surface area contributed by atoms with Crippen LogP contribution >= 0.6 is 0 Å². The number of fused-ring (bicyclic) bond motifs is 5. The number of hydrogen-bond donors (Lipinski definition) is 1. The second-order valence-electron chi connectivity index (χ2n) is 12.9. The van der Waals surface area contributed by atoms with Gasteiger partial charge >= 0.3 is 0 Å². The van der Waals surface area contributed by atoms with E-state index in [9.17, 15) is 5.11 Å². The monoisotopic (exact) mass is 422 g/mol. The first kappa shape index (κ1) is 22.0. The molecule has 1 nitrogen and oxygen atoms in total. The van der Waals surface area contributed by atoms with E-state index in [2.05, 4.69) is 52.0 Å². The Bertz CT molecular complexity index is 767. The summed E-state index contributed by atoms with van der Waals surface area (Å²) in [4.78, 5) is 0. The average molecular weight is 423 g/mol. The zero-order valence-corrected chi connectivity index (χ0v) is 20.6. The van der Waals surface area contributed by atoms with E-state index in [1.54, 1.807) is 0 Å². The summed E-state index contributed by atoms with van der Waals surface area (Å²) >= 11 is 0. The summed E-state index contributed by atoms with van der Waals surface area (Å²) in [6.07, 6.45) is 14.6. The summed E-state index contributed by atoms with van der Waals surface area (Å²) in [5, 5.41) is 11.3. The Morgan fingerprint density at radius 2 is 1.61 bits per heavy atom. The minimum atomic E-state index is -0.129. The van der Waals surface area contributed by atoms with Gasteiger partial charge in [0.05, 0.1) is 6.10 Å². The zero-order valence-electron chi connectivity index (χ0n) is 20.6. The Hall–Kier alpha value is -0.820. The number of benzene rings is 1. The maximum absolute atomic E-state index is 11.3. The van der Waals surface area contributed by atoms with Crippen LogP contribution < -0.4 is 0 Å². The highest BCUT2D eigenvalue weighted by Gasteiger charge is 2.60. The van der Waals surface area contributed by atoms with Crippen LogP contribution in [0, 0.1) is 53.3 Å². The molecule has 1 heteroatoms. The summed E-state index contributed by atoms with van der Waals surface area (Å²) in [6, 6.07) is 8.91. The van der Waals surface area contributed by atoms with Gasteiger partial charge in [-0.1, -0.05) is 57.0 Å². The number of rotatable bonds is 4. The molecular weight excluding hydrogens is 376 g/mol. The molecule has 0 bridgehead atoms. The van der Waals surface area contributed by atoms with Gasteiger partial charge in [0.25, 0.3) is 0 Å². The molecule has 0 spiro atoms. The summed E-state index contributed by atoms with van der Waals surface area (Å²) < 4.78 is 0. The van der Waals surface area contributed by atoms with Crippen molar-refractivity contribution < 1.29 is 5.11 Å². The summed E-state index contributed by atoms with van der Waals surface area (Å²) in [7, 11) is 0. The van der Waals surface area contributed by atoms with Gasteiger partial charge in [-0.15, -0.1) is 0 Å². The molecule has 9 atom stereocenters. The van der Waals surface area contributed by atoms with E-state index < -0.39 is 0 Å². The predicted molar refractivity (Wildman–Crippen MR) is 130 cm³/mol. The van der Waals surface area contributed by atoms with E-state index in [4.69, 9.17) is 0 Å². The van der Waals surface area contributed by atoms with Crippen LogP contribution in [0.15, 0.2) is 24.3 Å². The molecule has 1 aromatic carbocycles. The van der Waals surface area contributed by atoms with Crippen molar-refractivity contribution in [2.24, 2.45) is 46.3 Å². The first-order valence-corrected chi connectivity index (χ1v) is 13.5. The molecule has 4 fully saturated rings. The van der Waals surface area contributed by atoms with Crippen LogP contribution in [-0.2, 0) is 6.42 Å². The molecule has 0 aromatic heterocycles. The maximum Gasteiger partial charge on any atom is 0.0576 e. The Morgan fingerprint density at radius 3 is 2.39 bits per heavy atom. The molecule has 172 valence electrons. The highest BCUT2D eigenvalue weighted by atomic mass is 16.3. The molecule has 0 aliphatic heterocycles. The van der Waals surface area contributed by atoms with Gasteiger partial charge in [-0.3, -0.25) is 0 Å². The second-order valence-corrected chi connectivity index (χ2v) is 12.9. The standard InChI is InChI=1S/C30H46O/c1-20-5-7-22(8-6-20)9-14-28(31)27-13-12-25-24-11-10-23-19-21(2)15-17-29(23,3)26(24)16-18-30(25,27)4/h5-8,21,23-28,31H,9-19H2,1-4H3/t21-,23-,24-,25-,26-,27+,28+,29-,30-/m0/s1. The van der Waals surface area contributed by atoms with Crippen molar-refractivity contribution in [1.82, 2.24) is 0 Å². The van der Waals surface area contributed by atoms with Crippen molar-refractivity contribution in [3.8, 4) is 0 Å². The van der Waals surface area contributed by atoms with Gasteiger partial charge < -0.3 is 5.11 Å². The van der Waals surface area contributed by atoms with E-state index in [1.807, 2.05) is 0 Å². The smallest absolute Gasteiger partial charge is 0.0576 e. The lowest BCUT2D eigenvalue weighted by Crippen LogP contribution is -2.54. The predicted octanol–water partition coefficient (Wildman–Crippen LogP) is 7.58. The fourth-order valence-corrected chi connectivity index (χ4v) is 9.42. The molecule has 1 N–H and O–H groups in total. The first-order chi connectivity index (χ1) is 14.8. The van der Waals surface area contributed by atoms with Crippen molar-refractivity contribution in [2.45, 2.75) is 104 Å². The molecule has 1 aromatic rings. The summed E-state index contributed by atoms with van der Waals surface area (Å²) in [6.45, 7) is 9.91. The molecule has 0 amide bonds. The van der Waals surface area contributed by atoms with E-state index >= 15 is 0 Å². The van der Waals surface area contributed by atoms with E-state index in [0.29, 0.717) is 16.7 Å². The largest absolute Gasteiger partial charge is 0.393 e. The van der Waals surface area contributed by atoms with Crippen molar-refractivity contribution >= 4 is 0 Å². The van der Waals surface area contributed by atoms with Crippen LogP contribution in [-0.4, -0.2) is 11.2 Å². The lowest BCUT2D eigenvalue weighted by molar-refractivity contribution is -0.125. The SMILES string of the molecule is Cc1ccc(CC[C@@H](O)[C@H]2CC[C@H]3[C@@H]4CC[C@H]5C[C@@H](C)CC[C@]5(C)[C@H]4CC[C@]23C)cc1. The van der Waals surface area contributed by atoms with E-state index in [-0.39, 0.29) is 6.10 Å². The van der Waals surface area contributed by atoms with Crippen LogP contribution in [0.5, 0.6) is 0 Å². The molecule has 0 saturated heterocycles. The highest BCUT2D eigenvalue weighted by Crippen LogP contribution is 2.68. The fourth-order valence-electron chi connectivity index (χ4n) is 9.42. The van der Waals surface area contributed by atoms with Crippen LogP contribution in [0.2, 0.25) is 0 Å².